The maximum Gasteiger partial charge on any atom is 0.104 e. The predicted molar refractivity (Wildman–Crippen MR) is 40.4 cm³/mol. The van der Waals surface area contributed by atoms with E-state index in [1.807, 2.05) is 0 Å². The molecular formula is C7H15NO3. The van der Waals surface area contributed by atoms with Crippen molar-refractivity contribution in [1.82, 2.24) is 0 Å². The monoisotopic (exact) mass is 161 g/mol. The van der Waals surface area contributed by atoms with Gasteiger partial charge in [0.2, 0.25) is 0 Å². The van der Waals surface area contributed by atoms with Crippen molar-refractivity contribution in [3.63, 3.8) is 0 Å². The maximum absolute atomic E-state index is 5.22. The number of ether oxygens (including phenoxy) is 3. The molecule has 0 saturated carbocycles. The van der Waals surface area contributed by atoms with E-state index in [2.05, 4.69) is 0 Å². The lowest BCUT2D eigenvalue weighted by Gasteiger charge is -2.02. The fourth-order valence-corrected chi connectivity index (χ4v) is 0.682. The normalized spacial score (nSPS) is 22.1. The number of hydrogen-bond acceptors (Lipinski definition) is 4. The zero-order chi connectivity index (χ0) is 7.94. The Kier molecular flexibility index (Phi) is 4.45. The topological polar surface area (TPSA) is 57.0 Å². The Hall–Kier alpha value is -0.160. The Bertz CT molecular complexity index is 95.7. The lowest BCUT2D eigenvalue weighted by Crippen LogP contribution is -2.13. The number of hydrogen-bond donors (Lipinski definition) is 1. The van der Waals surface area contributed by atoms with Gasteiger partial charge in [-0.3, -0.25) is 0 Å². The van der Waals surface area contributed by atoms with Gasteiger partial charge in [0.15, 0.2) is 0 Å². The van der Waals surface area contributed by atoms with Crippen LogP contribution in [0.25, 0.3) is 0 Å². The first kappa shape index (κ1) is 8.93. The van der Waals surface area contributed by atoms with Crippen LogP contribution in [0.15, 0.2) is 0 Å². The first-order valence-corrected chi connectivity index (χ1v) is 3.90. The third-order valence-electron chi connectivity index (χ3n) is 1.34. The van der Waals surface area contributed by atoms with E-state index < -0.39 is 0 Å². The summed E-state index contributed by atoms with van der Waals surface area (Å²) >= 11 is 0. The molecule has 0 aromatic heterocycles. The predicted octanol–water partition coefficient (Wildman–Crippen LogP) is -0.623. The molecule has 2 N–H and O–H groups in total. The molecule has 1 aliphatic heterocycles. The van der Waals surface area contributed by atoms with E-state index in [9.17, 15) is 0 Å². The second-order valence-electron chi connectivity index (χ2n) is 2.43. The Morgan fingerprint density at radius 3 is 2.64 bits per heavy atom. The average Bonchev–Trinajstić information content (AvgIpc) is 2.80. The summed E-state index contributed by atoms with van der Waals surface area (Å²) in [7, 11) is 0. The molecule has 66 valence electrons. The van der Waals surface area contributed by atoms with Crippen molar-refractivity contribution in [3.05, 3.63) is 0 Å². The zero-order valence-corrected chi connectivity index (χ0v) is 6.62. The molecule has 1 aliphatic rings. The van der Waals surface area contributed by atoms with Crippen LogP contribution in [0.5, 0.6) is 0 Å². The van der Waals surface area contributed by atoms with Gasteiger partial charge < -0.3 is 19.9 Å². The number of nitrogens with two attached hydrogens (primary N) is 1. The summed E-state index contributed by atoms with van der Waals surface area (Å²) in [6.07, 6.45) is 0.351. The van der Waals surface area contributed by atoms with Crippen molar-refractivity contribution in [2.24, 2.45) is 5.73 Å². The minimum Gasteiger partial charge on any atom is -0.378 e. The van der Waals surface area contributed by atoms with Crippen molar-refractivity contribution in [2.45, 2.75) is 6.10 Å². The second kappa shape index (κ2) is 5.49. The Morgan fingerprint density at radius 1 is 1.27 bits per heavy atom. The molecular weight excluding hydrogens is 146 g/mol. The van der Waals surface area contributed by atoms with Gasteiger partial charge in [0.1, 0.15) is 6.10 Å². The minimum atomic E-state index is 0.351. The van der Waals surface area contributed by atoms with Gasteiger partial charge >= 0.3 is 0 Å². The van der Waals surface area contributed by atoms with Crippen molar-refractivity contribution in [3.8, 4) is 0 Å². The van der Waals surface area contributed by atoms with Crippen LogP contribution in [0.2, 0.25) is 0 Å². The molecule has 4 nitrogen and oxygen atoms in total. The highest BCUT2D eigenvalue weighted by atomic mass is 16.6. The summed E-state index contributed by atoms with van der Waals surface area (Å²) in [4.78, 5) is 0. The molecule has 1 saturated heterocycles. The maximum atomic E-state index is 5.22. The van der Waals surface area contributed by atoms with Crippen LogP contribution < -0.4 is 5.73 Å². The molecule has 1 heterocycles. The van der Waals surface area contributed by atoms with Crippen molar-refractivity contribution >= 4 is 0 Å². The quantitative estimate of drug-likeness (QED) is 0.399. The van der Waals surface area contributed by atoms with Crippen LogP contribution in [0.1, 0.15) is 0 Å². The van der Waals surface area contributed by atoms with Gasteiger partial charge in [-0.1, -0.05) is 0 Å². The smallest absolute Gasteiger partial charge is 0.104 e. The van der Waals surface area contributed by atoms with E-state index in [0.717, 1.165) is 6.61 Å². The zero-order valence-electron chi connectivity index (χ0n) is 6.62. The molecule has 0 aromatic rings. The summed E-state index contributed by atoms with van der Waals surface area (Å²) in [6, 6.07) is 0. The van der Waals surface area contributed by atoms with E-state index in [1.165, 1.54) is 0 Å². The van der Waals surface area contributed by atoms with Crippen LogP contribution in [-0.4, -0.2) is 45.7 Å². The highest BCUT2D eigenvalue weighted by Gasteiger charge is 2.21. The minimum absolute atomic E-state index is 0.351. The summed E-state index contributed by atoms with van der Waals surface area (Å²) in [6.45, 7) is 4.01. The van der Waals surface area contributed by atoms with E-state index in [4.69, 9.17) is 19.9 Å². The SMILES string of the molecule is NCCOCCOCC1CO1. The Morgan fingerprint density at radius 2 is 2.00 bits per heavy atom. The molecule has 0 bridgehead atoms. The molecule has 0 aliphatic carbocycles. The molecule has 1 unspecified atom stereocenters. The van der Waals surface area contributed by atoms with Gasteiger partial charge in [-0.05, 0) is 0 Å². The number of epoxide rings is 1. The van der Waals surface area contributed by atoms with Gasteiger partial charge in [0.05, 0.1) is 33.0 Å². The van der Waals surface area contributed by atoms with E-state index in [-0.39, 0.29) is 0 Å². The summed E-state index contributed by atoms with van der Waals surface area (Å²) in [5.41, 5.74) is 5.22. The first-order chi connectivity index (χ1) is 5.43. The van der Waals surface area contributed by atoms with E-state index in [1.54, 1.807) is 0 Å². The molecule has 1 atom stereocenters. The number of rotatable bonds is 7. The van der Waals surface area contributed by atoms with E-state index >= 15 is 0 Å². The van der Waals surface area contributed by atoms with E-state index in [0.29, 0.717) is 39.1 Å². The fourth-order valence-electron chi connectivity index (χ4n) is 0.682. The van der Waals surface area contributed by atoms with Crippen LogP contribution in [-0.2, 0) is 14.2 Å². The van der Waals surface area contributed by atoms with Crippen molar-refractivity contribution in [2.75, 3.05) is 39.6 Å². The molecule has 0 spiro atoms. The molecule has 4 heteroatoms. The van der Waals surface area contributed by atoms with Crippen LogP contribution in [0, 0.1) is 0 Å². The van der Waals surface area contributed by atoms with Crippen molar-refractivity contribution < 1.29 is 14.2 Å². The molecule has 0 radical (unpaired) electrons. The first-order valence-electron chi connectivity index (χ1n) is 3.90. The largest absolute Gasteiger partial charge is 0.378 e. The van der Waals surface area contributed by atoms with Gasteiger partial charge in [-0.15, -0.1) is 0 Å². The molecule has 11 heavy (non-hydrogen) atoms. The van der Waals surface area contributed by atoms with Gasteiger partial charge in [0, 0.05) is 6.54 Å². The molecule has 1 rings (SSSR count). The fraction of sp³-hybridized carbons (Fsp3) is 1.00. The average molecular weight is 161 g/mol. The lowest BCUT2D eigenvalue weighted by molar-refractivity contribution is 0.0445. The summed E-state index contributed by atoms with van der Waals surface area (Å²) in [5.74, 6) is 0. The van der Waals surface area contributed by atoms with Crippen LogP contribution in [0.4, 0.5) is 0 Å². The van der Waals surface area contributed by atoms with Crippen molar-refractivity contribution in [1.29, 1.82) is 0 Å². The summed E-state index contributed by atoms with van der Waals surface area (Å²) in [5, 5.41) is 0. The Balaban J connectivity index is 1.66. The lowest BCUT2D eigenvalue weighted by atomic mass is 10.5. The van der Waals surface area contributed by atoms with Crippen LogP contribution >= 0.6 is 0 Å². The molecule has 0 aromatic carbocycles. The molecule has 0 amide bonds. The highest BCUT2D eigenvalue weighted by molar-refractivity contribution is 4.66. The highest BCUT2D eigenvalue weighted by Crippen LogP contribution is 2.07. The van der Waals surface area contributed by atoms with Crippen LogP contribution in [0.3, 0.4) is 0 Å². The molecule has 1 fully saturated rings. The standard InChI is InChI=1S/C7H15NO3/c8-1-2-9-3-4-10-5-7-6-11-7/h7H,1-6,8H2. The third kappa shape index (κ3) is 5.15. The third-order valence-corrected chi connectivity index (χ3v) is 1.34. The Labute approximate surface area is 66.6 Å². The second-order valence-corrected chi connectivity index (χ2v) is 2.43. The van der Waals surface area contributed by atoms with Gasteiger partial charge in [-0.25, -0.2) is 0 Å². The van der Waals surface area contributed by atoms with Gasteiger partial charge in [0.25, 0.3) is 0 Å². The summed E-state index contributed by atoms with van der Waals surface area (Å²) < 4.78 is 15.3. The van der Waals surface area contributed by atoms with Gasteiger partial charge in [-0.2, -0.15) is 0 Å².